The van der Waals surface area contributed by atoms with E-state index >= 15 is 0 Å². The number of hydrogen-bond donors (Lipinski definition) is 3. The van der Waals surface area contributed by atoms with Gasteiger partial charge in [-0.2, -0.15) is 5.26 Å². The molecule has 0 heterocycles. The lowest BCUT2D eigenvalue weighted by atomic mass is 9.96. The second-order valence-electron chi connectivity index (χ2n) is 7.76. The lowest BCUT2D eigenvalue weighted by Gasteiger charge is -2.26. The summed E-state index contributed by atoms with van der Waals surface area (Å²) in [7, 11) is -3.99. The van der Waals surface area contributed by atoms with Crippen LogP contribution in [0, 0.1) is 11.3 Å². The van der Waals surface area contributed by atoms with Crippen molar-refractivity contribution in [2.24, 2.45) is 0 Å². The van der Waals surface area contributed by atoms with Gasteiger partial charge in [-0.3, -0.25) is 4.79 Å². The van der Waals surface area contributed by atoms with Crippen molar-refractivity contribution < 1.29 is 23.1 Å². The predicted molar refractivity (Wildman–Crippen MR) is 122 cm³/mol. The number of sulfonamides is 1. The minimum atomic E-state index is -3.99. The standard InChI is InChI=1S/C24H21N3O5S/c1-24(2,18-8-4-3-5-9-18)27-33(31,32)19-10-6-7-17(14-19)22(28)26-21-12-11-16(15-25)13-20(21)23(29)30/h3-14,27H,1-2H3,(H,26,28)(H,29,30). The van der Waals surface area contributed by atoms with Crippen LogP contribution < -0.4 is 10.0 Å². The normalized spacial score (nSPS) is 11.4. The first-order chi connectivity index (χ1) is 15.5. The summed E-state index contributed by atoms with van der Waals surface area (Å²) in [4.78, 5) is 24.1. The Kier molecular flexibility index (Phi) is 6.62. The highest BCUT2D eigenvalue weighted by atomic mass is 32.2. The van der Waals surface area contributed by atoms with Gasteiger partial charge in [0.15, 0.2) is 0 Å². The molecule has 0 atom stereocenters. The van der Waals surface area contributed by atoms with Crippen molar-refractivity contribution in [3.8, 4) is 6.07 Å². The van der Waals surface area contributed by atoms with Crippen molar-refractivity contribution in [3.05, 3.63) is 95.1 Å². The van der Waals surface area contributed by atoms with E-state index in [-0.39, 0.29) is 27.3 Å². The number of carbonyl (C=O) groups is 2. The third-order valence-corrected chi connectivity index (χ3v) is 6.57. The zero-order valence-corrected chi connectivity index (χ0v) is 18.7. The number of anilines is 1. The maximum atomic E-state index is 13.0. The smallest absolute Gasteiger partial charge is 0.337 e. The summed E-state index contributed by atoms with van der Waals surface area (Å²) in [5.41, 5.74) is -0.247. The number of aromatic carboxylic acids is 1. The molecule has 3 N–H and O–H groups in total. The molecule has 0 saturated carbocycles. The monoisotopic (exact) mass is 463 g/mol. The number of carbonyl (C=O) groups excluding carboxylic acids is 1. The van der Waals surface area contributed by atoms with Crippen molar-refractivity contribution in [2.75, 3.05) is 5.32 Å². The molecule has 3 aromatic rings. The fraction of sp³-hybridized carbons (Fsp3) is 0.125. The number of benzene rings is 3. The number of amides is 1. The molecule has 0 aromatic heterocycles. The summed E-state index contributed by atoms with van der Waals surface area (Å²) in [6.45, 7) is 3.46. The van der Waals surface area contributed by atoms with Crippen LogP contribution in [-0.4, -0.2) is 25.4 Å². The summed E-state index contributed by atoms with van der Waals surface area (Å²) in [6, 6.07) is 20.2. The number of carboxylic acid groups (broad SMARTS) is 1. The molecule has 0 bridgehead atoms. The lowest BCUT2D eigenvalue weighted by molar-refractivity contribution is 0.0698. The third kappa shape index (κ3) is 5.44. The largest absolute Gasteiger partial charge is 0.478 e. The molecule has 0 fully saturated rings. The number of nitrogens with zero attached hydrogens (tertiary/aromatic N) is 1. The molecule has 0 radical (unpaired) electrons. The first-order valence-corrected chi connectivity index (χ1v) is 11.3. The van der Waals surface area contributed by atoms with Crippen LogP contribution in [0.3, 0.4) is 0 Å². The van der Waals surface area contributed by atoms with Gasteiger partial charge in [-0.15, -0.1) is 0 Å². The number of hydrogen-bond acceptors (Lipinski definition) is 5. The van der Waals surface area contributed by atoms with Crippen molar-refractivity contribution in [1.29, 1.82) is 5.26 Å². The summed E-state index contributed by atoms with van der Waals surface area (Å²) in [5.74, 6) is -2.01. The second kappa shape index (κ2) is 9.24. The quantitative estimate of drug-likeness (QED) is 0.488. The van der Waals surface area contributed by atoms with E-state index in [1.165, 1.54) is 36.4 Å². The van der Waals surface area contributed by atoms with Gasteiger partial charge in [-0.1, -0.05) is 36.4 Å². The average Bonchev–Trinajstić information content (AvgIpc) is 2.79. The molecule has 3 rings (SSSR count). The van der Waals surface area contributed by atoms with Gasteiger partial charge < -0.3 is 10.4 Å². The zero-order chi connectivity index (χ0) is 24.2. The summed E-state index contributed by atoms with van der Waals surface area (Å²) < 4.78 is 28.7. The van der Waals surface area contributed by atoms with E-state index in [1.54, 1.807) is 13.8 Å². The molecule has 8 nitrogen and oxygen atoms in total. The van der Waals surface area contributed by atoms with E-state index in [9.17, 15) is 23.1 Å². The maximum Gasteiger partial charge on any atom is 0.337 e. The van der Waals surface area contributed by atoms with Crippen LogP contribution in [-0.2, 0) is 15.6 Å². The molecule has 0 unspecified atom stereocenters. The van der Waals surface area contributed by atoms with E-state index < -0.39 is 27.4 Å². The van der Waals surface area contributed by atoms with E-state index in [4.69, 9.17) is 5.26 Å². The highest BCUT2D eigenvalue weighted by Gasteiger charge is 2.28. The van der Waals surface area contributed by atoms with Gasteiger partial charge in [0.2, 0.25) is 10.0 Å². The molecule has 168 valence electrons. The maximum absolute atomic E-state index is 13.0. The van der Waals surface area contributed by atoms with E-state index in [2.05, 4.69) is 10.0 Å². The Hall–Kier alpha value is -4.00. The SMILES string of the molecule is CC(C)(NS(=O)(=O)c1cccc(C(=O)Nc2ccc(C#N)cc2C(=O)O)c1)c1ccccc1. The van der Waals surface area contributed by atoms with E-state index in [1.807, 2.05) is 36.4 Å². The second-order valence-corrected chi connectivity index (χ2v) is 9.44. The van der Waals surface area contributed by atoms with Crippen LogP contribution in [0.4, 0.5) is 5.69 Å². The van der Waals surface area contributed by atoms with Crippen LogP contribution >= 0.6 is 0 Å². The first-order valence-electron chi connectivity index (χ1n) is 9.82. The average molecular weight is 464 g/mol. The van der Waals surface area contributed by atoms with Crippen molar-refractivity contribution >= 4 is 27.6 Å². The molecular weight excluding hydrogens is 442 g/mol. The predicted octanol–water partition coefficient (Wildman–Crippen LogP) is 3.72. The Bertz CT molecular complexity index is 1360. The summed E-state index contributed by atoms with van der Waals surface area (Å²) in [6.07, 6.45) is 0. The molecule has 0 spiro atoms. The Balaban J connectivity index is 1.87. The molecule has 3 aromatic carbocycles. The van der Waals surface area contributed by atoms with Crippen LogP contribution in [0.5, 0.6) is 0 Å². The van der Waals surface area contributed by atoms with Gasteiger partial charge in [0.05, 0.1) is 33.3 Å². The summed E-state index contributed by atoms with van der Waals surface area (Å²) in [5, 5.41) is 20.8. The van der Waals surface area contributed by atoms with Gasteiger partial charge >= 0.3 is 5.97 Å². The van der Waals surface area contributed by atoms with E-state index in [0.717, 1.165) is 11.6 Å². The van der Waals surface area contributed by atoms with Crippen LogP contribution in [0.1, 0.15) is 45.7 Å². The lowest BCUT2D eigenvalue weighted by Crippen LogP contribution is -2.40. The van der Waals surface area contributed by atoms with Gasteiger partial charge in [-0.25, -0.2) is 17.9 Å². The van der Waals surface area contributed by atoms with Crippen LogP contribution in [0.25, 0.3) is 0 Å². The summed E-state index contributed by atoms with van der Waals surface area (Å²) >= 11 is 0. The zero-order valence-electron chi connectivity index (χ0n) is 17.9. The molecule has 1 amide bonds. The molecular formula is C24H21N3O5S. The molecule has 33 heavy (non-hydrogen) atoms. The third-order valence-electron chi connectivity index (χ3n) is 4.92. The molecule has 0 aliphatic carbocycles. The van der Waals surface area contributed by atoms with Gasteiger partial charge in [0, 0.05) is 5.56 Å². The fourth-order valence-corrected chi connectivity index (χ4v) is 4.65. The number of nitrogens with one attached hydrogen (secondary N) is 2. The Morgan fingerprint density at radius 3 is 2.30 bits per heavy atom. The molecule has 0 saturated heterocycles. The highest BCUT2D eigenvalue weighted by Crippen LogP contribution is 2.24. The number of rotatable bonds is 7. The van der Waals surface area contributed by atoms with Crippen molar-refractivity contribution in [3.63, 3.8) is 0 Å². The molecule has 9 heteroatoms. The minimum absolute atomic E-state index is 0.0110. The van der Waals surface area contributed by atoms with Crippen LogP contribution in [0.15, 0.2) is 77.7 Å². The van der Waals surface area contributed by atoms with Crippen molar-refractivity contribution in [1.82, 2.24) is 4.72 Å². The number of carboxylic acids is 1. The highest BCUT2D eigenvalue weighted by molar-refractivity contribution is 7.89. The first kappa shape index (κ1) is 23.7. The Morgan fingerprint density at radius 2 is 1.67 bits per heavy atom. The van der Waals surface area contributed by atoms with Gasteiger partial charge in [-0.05, 0) is 55.8 Å². The molecule has 0 aliphatic rings. The van der Waals surface area contributed by atoms with Gasteiger partial charge in [0.25, 0.3) is 5.91 Å². The Labute approximate surface area is 191 Å². The minimum Gasteiger partial charge on any atom is -0.478 e. The van der Waals surface area contributed by atoms with Crippen LogP contribution in [0.2, 0.25) is 0 Å². The molecule has 0 aliphatic heterocycles. The Morgan fingerprint density at radius 1 is 0.970 bits per heavy atom. The topological polar surface area (TPSA) is 136 Å². The van der Waals surface area contributed by atoms with Gasteiger partial charge in [0.1, 0.15) is 0 Å². The number of nitriles is 1. The fourth-order valence-electron chi connectivity index (χ4n) is 3.21. The van der Waals surface area contributed by atoms with Crippen molar-refractivity contribution in [2.45, 2.75) is 24.3 Å². The van der Waals surface area contributed by atoms with E-state index in [0.29, 0.717) is 0 Å².